The van der Waals surface area contributed by atoms with Gasteiger partial charge < -0.3 is 10.2 Å². The topological polar surface area (TPSA) is 58.1 Å². The van der Waals surface area contributed by atoms with Crippen LogP contribution in [0.4, 0.5) is 11.6 Å². The van der Waals surface area contributed by atoms with Crippen molar-refractivity contribution in [3.8, 4) is 0 Å². The van der Waals surface area contributed by atoms with Crippen molar-refractivity contribution < 1.29 is 4.79 Å². The molecule has 0 saturated carbocycles. The van der Waals surface area contributed by atoms with Gasteiger partial charge in [0.05, 0.1) is 0 Å². The van der Waals surface area contributed by atoms with E-state index >= 15 is 0 Å². The van der Waals surface area contributed by atoms with E-state index in [-0.39, 0.29) is 11.9 Å². The third-order valence-corrected chi connectivity index (χ3v) is 4.56. The molecule has 1 aromatic heterocycles. The lowest BCUT2D eigenvalue weighted by atomic mass is 10.1. The molecule has 0 bridgehead atoms. The number of carbonyl (C=O) groups excluding carboxylic acids is 1. The molecular weight excluding hydrogens is 312 g/mol. The molecule has 3 rings (SSSR count). The molecule has 1 aliphatic rings. The molecule has 1 aliphatic heterocycles. The summed E-state index contributed by atoms with van der Waals surface area (Å²) in [6.07, 6.45) is 4.31. The Kier molecular flexibility index (Phi) is 5.31. The summed E-state index contributed by atoms with van der Waals surface area (Å²) >= 11 is 0. The van der Waals surface area contributed by atoms with Gasteiger partial charge in [-0.15, -0.1) is 0 Å². The van der Waals surface area contributed by atoms with E-state index in [9.17, 15) is 4.79 Å². The number of rotatable bonds is 6. The number of hydrogen-bond donors (Lipinski definition) is 1. The molecule has 132 valence electrons. The minimum absolute atomic E-state index is 0.0560. The molecule has 1 aromatic carbocycles. The predicted octanol–water partition coefficient (Wildman–Crippen LogP) is 3.98. The number of anilines is 2. The van der Waals surface area contributed by atoms with Crippen LogP contribution in [-0.2, 0) is 6.42 Å². The lowest BCUT2D eigenvalue weighted by Gasteiger charge is -2.22. The standard InChI is InChI=1S/C20H26N4O/c1-4-5-8-11-21-20-22-14(2)12-17(23-20)19(25)24-15(3)13-16-9-6-7-10-18(16)24/h6-7,9-10,12,15H,4-5,8,11,13H2,1-3H3,(H,21,22,23). The molecule has 25 heavy (non-hydrogen) atoms. The highest BCUT2D eigenvalue weighted by atomic mass is 16.2. The first-order valence-electron chi connectivity index (χ1n) is 9.11. The van der Waals surface area contributed by atoms with Crippen LogP contribution in [0.5, 0.6) is 0 Å². The minimum atomic E-state index is -0.0560. The maximum atomic E-state index is 13.1. The van der Waals surface area contributed by atoms with Crippen molar-refractivity contribution in [3.05, 3.63) is 47.3 Å². The Balaban J connectivity index is 1.81. The zero-order valence-corrected chi connectivity index (χ0v) is 15.2. The van der Waals surface area contributed by atoms with Gasteiger partial charge in [0.2, 0.25) is 5.95 Å². The van der Waals surface area contributed by atoms with Crippen molar-refractivity contribution in [3.63, 3.8) is 0 Å². The predicted molar refractivity (Wildman–Crippen MR) is 101 cm³/mol. The van der Waals surface area contributed by atoms with Crippen LogP contribution in [0.15, 0.2) is 30.3 Å². The molecule has 1 amide bonds. The number of aromatic nitrogens is 2. The van der Waals surface area contributed by atoms with Crippen molar-refractivity contribution in [2.24, 2.45) is 0 Å². The average molecular weight is 338 g/mol. The van der Waals surface area contributed by atoms with Crippen LogP contribution in [0.3, 0.4) is 0 Å². The van der Waals surface area contributed by atoms with Gasteiger partial charge >= 0.3 is 0 Å². The Morgan fingerprint density at radius 3 is 2.88 bits per heavy atom. The molecular formula is C20H26N4O. The van der Waals surface area contributed by atoms with E-state index in [1.165, 1.54) is 18.4 Å². The molecule has 0 aliphatic carbocycles. The number of fused-ring (bicyclic) bond motifs is 1. The van der Waals surface area contributed by atoms with Crippen LogP contribution in [0.1, 0.15) is 54.9 Å². The van der Waals surface area contributed by atoms with Gasteiger partial charge in [-0.05, 0) is 44.4 Å². The number of unbranched alkanes of at least 4 members (excludes halogenated alkanes) is 2. The Morgan fingerprint density at radius 1 is 1.28 bits per heavy atom. The highest BCUT2D eigenvalue weighted by Gasteiger charge is 2.32. The van der Waals surface area contributed by atoms with Crippen molar-refractivity contribution >= 4 is 17.5 Å². The smallest absolute Gasteiger partial charge is 0.277 e. The molecule has 2 aromatic rings. The Labute approximate surface area is 149 Å². The summed E-state index contributed by atoms with van der Waals surface area (Å²) in [5.41, 5.74) is 3.46. The lowest BCUT2D eigenvalue weighted by molar-refractivity contribution is 0.0976. The number of para-hydroxylation sites is 1. The third kappa shape index (κ3) is 3.81. The SMILES string of the molecule is CCCCCNc1nc(C)cc(C(=O)N2c3ccccc3CC2C)n1. The second-order valence-electron chi connectivity index (χ2n) is 6.71. The van der Waals surface area contributed by atoms with Crippen molar-refractivity contribution in [1.29, 1.82) is 0 Å². The molecule has 5 heteroatoms. The van der Waals surface area contributed by atoms with Gasteiger partial charge in [-0.2, -0.15) is 0 Å². The fourth-order valence-corrected chi connectivity index (χ4v) is 3.33. The van der Waals surface area contributed by atoms with E-state index in [4.69, 9.17) is 0 Å². The van der Waals surface area contributed by atoms with Gasteiger partial charge in [0, 0.05) is 24.0 Å². The number of carbonyl (C=O) groups is 1. The van der Waals surface area contributed by atoms with Crippen LogP contribution >= 0.6 is 0 Å². The fraction of sp³-hybridized carbons (Fsp3) is 0.450. The van der Waals surface area contributed by atoms with E-state index in [2.05, 4.69) is 35.2 Å². The van der Waals surface area contributed by atoms with Gasteiger partial charge in [0.1, 0.15) is 5.69 Å². The molecule has 0 saturated heterocycles. The van der Waals surface area contributed by atoms with Gasteiger partial charge in [-0.3, -0.25) is 4.79 Å². The van der Waals surface area contributed by atoms with Gasteiger partial charge in [-0.25, -0.2) is 9.97 Å². The van der Waals surface area contributed by atoms with Crippen LogP contribution in [0.25, 0.3) is 0 Å². The summed E-state index contributed by atoms with van der Waals surface area (Å²) < 4.78 is 0. The first-order chi connectivity index (χ1) is 12.1. The van der Waals surface area contributed by atoms with Gasteiger partial charge in [-0.1, -0.05) is 38.0 Å². The van der Waals surface area contributed by atoms with Crippen LogP contribution in [0, 0.1) is 6.92 Å². The maximum Gasteiger partial charge on any atom is 0.277 e. The number of nitrogens with one attached hydrogen (secondary N) is 1. The van der Waals surface area contributed by atoms with Crippen LogP contribution in [-0.4, -0.2) is 28.5 Å². The average Bonchev–Trinajstić information content (AvgIpc) is 2.93. The summed E-state index contributed by atoms with van der Waals surface area (Å²) in [6.45, 7) is 6.98. The summed E-state index contributed by atoms with van der Waals surface area (Å²) in [4.78, 5) is 23.8. The van der Waals surface area contributed by atoms with E-state index in [0.717, 1.165) is 30.8 Å². The quantitative estimate of drug-likeness (QED) is 0.810. The molecule has 1 N–H and O–H groups in total. The number of hydrogen-bond acceptors (Lipinski definition) is 4. The Morgan fingerprint density at radius 2 is 2.08 bits per heavy atom. The van der Waals surface area contributed by atoms with E-state index < -0.39 is 0 Å². The summed E-state index contributed by atoms with van der Waals surface area (Å²) in [6, 6.07) is 10.0. The molecule has 2 heterocycles. The molecule has 0 spiro atoms. The number of amides is 1. The fourth-order valence-electron chi connectivity index (χ4n) is 3.33. The normalized spacial score (nSPS) is 16.0. The summed E-state index contributed by atoms with van der Waals surface area (Å²) in [7, 11) is 0. The molecule has 1 atom stereocenters. The molecule has 5 nitrogen and oxygen atoms in total. The summed E-state index contributed by atoms with van der Waals surface area (Å²) in [5.74, 6) is 0.485. The second-order valence-corrected chi connectivity index (χ2v) is 6.71. The molecule has 0 radical (unpaired) electrons. The monoisotopic (exact) mass is 338 g/mol. The zero-order chi connectivity index (χ0) is 17.8. The number of aryl methyl sites for hydroxylation is 1. The minimum Gasteiger partial charge on any atom is -0.354 e. The summed E-state index contributed by atoms with van der Waals surface area (Å²) in [5, 5.41) is 3.24. The number of nitrogens with zero attached hydrogens (tertiary/aromatic N) is 3. The highest BCUT2D eigenvalue weighted by Crippen LogP contribution is 2.32. The van der Waals surface area contributed by atoms with E-state index in [1.807, 2.05) is 30.0 Å². The van der Waals surface area contributed by atoms with Crippen molar-refractivity contribution in [2.75, 3.05) is 16.8 Å². The lowest BCUT2D eigenvalue weighted by Crippen LogP contribution is -2.36. The number of benzene rings is 1. The van der Waals surface area contributed by atoms with Crippen molar-refractivity contribution in [1.82, 2.24) is 9.97 Å². The van der Waals surface area contributed by atoms with Gasteiger partial charge in [0.15, 0.2) is 0 Å². The maximum absolute atomic E-state index is 13.1. The highest BCUT2D eigenvalue weighted by molar-refractivity contribution is 6.06. The van der Waals surface area contributed by atoms with Crippen LogP contribution in [0.2, 0.25) is 0 Å². The molecule has 0 fully saturated rings. The van der Waals surface area contributed by atoms with Crippen molar-refractivity contribution in [2.45, 2.75) is 52.5 Å². The van der Waals surface area contributed by atoms with Crippen LogP contribution < -0.4 is 10.2 Å². The first-order valence-corrected chi connectivity index (χ1v) is 9.11. The largest absolute Gasteiger partial charge is 0.354 e. The van der Waals surface area contributed by atoms with E-state index in [1.54, 1.807) is 6.07 Å². The molecule has 1 unspecified atom stereocenters. The van der Waals surface area contributed by atoms with Gasteiger partial charge in [0.25, 0.3) is 5.91 Å². The zero-order valence-electron chi connectivity index (χ0n) is 15.2. The third-order valence-electron chi connectivity index (χ3n) is 4.56. The van der Waals surface area contributed by atoms with E-state index in [0.29, 0.717) is 11.6 Å². The second kappa shape index (κ2) is 7.64. The first kappa shape index (κ1) is 17.4. The Bertz CT molecular complexity index is 759. The Hall–Kier alpha value is -2.43.